The average molecular weight is 543 g/mol. The first-order valence-electron chi connectivity index (χ1n) is 13.3. The largest absolute Gasteiger partial charge is 0.348 e. The number of carbonyl (C=O) groups excluding carboxylic acids is 1. The fourth-order valence-corrected chi connectivity index (χ4v) is 6.69. The van der Waals surface area contributed by atoms with E-state index in [0.717, 1.165) is 60.1 Å². The molecule has 1 saturated heterocycles. The predicted molar refractivity (Wildman–Crippen MR) is 157 cm³/mol. The molecule has 1 amide bonds. The Bertz CT molecular complexity index is 1520. The minimum atomic E-state index is -0.0492. The molecule has 0 spiro atoms. The van der Waals surface area contributed by atoms with Gasteiger partial charge in [-0.3, -0.25) is 4.79 Å². The molecule has 3 heterocycles. The quantitative estimate of drug-likeness (QED) is 0.227. The summed E-state index contributed by atoms with van der Waals surface area (Å²) in [7, 11) is 0. The molecule has 1 aliphatic heterocycles. The van der Waals surface area contributed by atoms with E-state index in [9.17, 15) is 4.79 Å². The third-order valence-corrected chi connectivity index (χ3v) is 8.97. The fourth-order valence-electron chi connectivity index (χ4n) is 5.43. The van der Waals surface area contributed by atoms with Gasteiger partial charge in [-0.25, -0.2) is 4.98 Å². The Morgan fingerprint density at radius 2 is 1.74 bits per heavy atom. The van der Waals surface area contributed by atoms with Crippen molar-refractivity contribution in [1.82, 2.24) is 19.8 Å². The van der Waals surface area contributed by atoms with Gasteiger partial charge in [0.15, 0.2) is 0 Å². The molecule has 0 radical (unpaired) electrons. The minimum absolute atomic E-state index is 0.0492. The lowest BCUT2D eigenvalue weighted by atomic mass is 9.97. The first-order valence-corrected chi connectivity index (χ1v) is 14.5. The van der Waals surface area contributed by atoms with Gasteiger partial charge in [0.25, 0.3) is 5.91 Å². The molecule has 5 aromatic rings. The molecule has 7 heteroatoms. The first kappa shape index (κ1) is 25.1. The number of rotatable bonds is 8. The molecule has 0 unspecified atom stereocenters. The SMILES string of the molecule is O=C(NCc1ccc(Cl)cc1)c1cn(CCCN2CCC(c3nc4ccccc4s3)CC2)c2ccccc12. The second kappa shape index (κ2) is 11.3. The van der Waals surface area contributed by atoms with Crippen LogP contribution in [0.15, 0.2) is 79.0 Å². The molecule has 1 aliphatic rings. The summed E-state index contributed by atoms with van der Waals surface area (Å²) in [5, 5.41) is 6.06. The summed E-state index contributed by atoms with van der Waals surface area (Å²) in [6, 6.07) is 24.2. The number of carbonyl (C=O) groups is 1. The molecular weight excluding hydrogens is 512 g/mol. The van der Waals surface area contributed by atoms with E-state index < -0.39 is 0 Å². The van der Waals surface area contributed by atoms with Crippen LogP contribution in [0, 0.1) is 0 Å². The fraction of sp³-hybridized carbons (Fsp3) is 0.290. The molecule has 2 aromatic heterocycles. The van der Waals surface area contributed by atoms with Gasteiger partial charge in [0, 0.05) is 41.1 Å². The molecule has 0 saturated carbocycles. The molecule has 5 nitrogen and oxygen atoms in total. The molecule has 0 aliphatic carbocycles. The summed E-state index contributed by atoms with van der Waals surface area (Å²) < 4.78 is 3.53. The van der Waals surface area contributed by atoms with Crippen LogP contribution in [0.5, 0.6) is 0 Å². The molecule has 0 atom stereocenters. The van der Waals surface area contributed by atoms with E-state index in [2.05, 4.69) is 45.1 Å². The Labute approximate surface area is 232 Å². The number of aromatic nitrogens is 2. The topological polar surface area (TPSA) is 50.2 Å². The molecule has 194 valence electrons. The van der Waals surface area contributed by atoms with Gasteiger partial charge < -0.3 is 14.8 Å². The summed E-state index contributed by atoms with van der Waals surface area (Å²) in [4.78, 5) is 20.6. The Hall–Kier alpha value is -3.19. The van der Waals surface area contributed by atoms with Crippen molar-refractivity contribution in [3.05, 3.63) is 100 Å². The lowest BCUT2D eigenvalue weighted by molar-refractivity contribution is 0.0952. The van der Waals surface area contributed by atoms with E-state index in [1.54, 1.807) is 0 Å². The van der Waals surface area contributed by atoms with Crippen LogP contribution >= 0.6 is 22.9 Å². The number of fused-ring (bicyclic) bond motifs is 2. The Morgan fingerprint density at radius 1 is 0.974 bits per heavy atom. The van der Waals surface area contributed by atoms with E-state index >= 15 is 0 Å². The third-order valence-electron chi connectivity index (χ3n) is 7.52. The average Bonchev–Trinajstić information content (AvgIpc) is 3.55. The van der Waals surface area contributed by atoms with Gasteiger partial charge in [0.2, 0.25) is 0 Å². The number of amides is 1. The Kier molecular flexibility index (Phi) is 7.45. The maximum atomic E-state index is 13.1. The lowest BCUT2D eigenvalue weighted by Crippen LogP contribution is -2.34. The van der Waals surface area contributed by atoms with Gasteiger partial charge in [-0.1, -0.05) is 54.1 Å². The Balaban J connectivity index is 1.04. The molecule has 1 fully saturated rings. The van der Waals surface area contributed by atoms with Crippen LogP contribution in [0.3, 0.4) is 0 Å². The third kappa shape index (κ3) is 5.48. The van der Waals surface area contributed by atoms with E-state index in [1.807, 2.05) is 60.0 Å². The van der Waals surface area contributed by atoms with Gasteiger partial charge in [-0.15, -0.1) is 11.3 Å². The second-order valence-corrected chi connectivity index (χ2v) is 11.6. The van der Waals surface area contributed by atoms with Crippen molar-refractivity contribution in [3.8, 4) is 0 Å². The van der Waals surface area contributed by atoms with Gasteiger partial charge in [0.05, 0.1) is 20.8 Å². The summed E-state index contributed by atoms with van der Waals surface area (Å²) >= 11 is 7.84. The minimum Gasteiger partial charge on any atom is -0.348 e. The zero-order valence-electron chi connectivity index (χ0n) is 21.3. The number of piperidine rings is 1. The lowest BCUT2D eigenvalue weighted by Gasteiger charge is -2.31. The monoisotopic (exact) mass is 542 g/mol. The number of para-hydroxylation sites is 2. The zero-order chi connectivity index (χ0) is 25.9. The van der Waals surface area contributed by atoms with Crippen molar-refractivity contribution in [2.75, 3.05) is 19.6 Å². The molecule has 3 aromatic carbocycles. The number of hydrogen-bond acceptors (Lipinski definition) is 4. The number of nitrogens with zero attached hydrogens (tertiary/aromatic N) is 3. The van der Waals surface area contributed by atoms with Crippen molar-refractivity contribution in [2.24, 2.45) is 0 Å². The number of benzene rings is 3. The van der Waals surface area contributed by atoms with E-state index in [0.29, 0.717) is 17.5 Å². The van der Waals surface area contributed by atoms with Gasteiger partial charge in [-0.05, 0) is 74.8 Å². The molecule has 1 N–H and O–H groups in total. The molecule has 6 rings (SSSR count). The second-order valence-electron chi connectivity index (χ2n) is 10.1. The summed E-state index contributed by atoms with van der Waals surface area (Å²) in [5.41, 5.74) is 4.00. The van der Waals surface area contributed by atoms with Crippen LogP contribution in [0.4, 0.5) is 0 Å². The van der Waals surface area contributed by atoms with Crippen LogP contribution in [0.25, 0.3) is 21.1 Å². The highest BCUT2D eigenvalue weighted by atomic mass is 35.5. The van der Waals surface area contributed by atoms with Crippen LogP contribution in [-0.4, -0.2) is 40.0 Å². The highest BCUT2D eigenvalue weighted by molar-refractivity contribution is 7.18. The summed E-state index contributed by atoms with van der Waals surface area (Å²) in [5.74, 6) is 0.526. The highest BCUT2D eigenvalue weighted by Crippen LogP contribution is 2.34. The normalized spacial score (nSPS) is 14.9. The van der Waals surface area contributed by atoms with Gasteiger partial charge in [-0.2, -0.15) is 0 Å². The standard InChI is InChI=1S/C31H31ClN4OS/c32-24-12-10-22(11-13-24)20-33-30(37)26-21-36(28-8-3-1-6-25(26)28)17-5-16-35-18-14-23(15-19-35)31-34-27-7-2-4-9-29(27)38-31/h1-4,6-13,21,23H,5,14-20H2,(H,33,37). The molecule has 0 bridgehead atoms. The highest BCUT2D eigenvalue weighted by Gasteiger charge is 2.23. The van der Waals surface area contributed by atoms with Crippen molar-refractivity contribution < 1.29 is 4.79 Å². The van der Waals surface area contributed by atoms with Crippen LogP contribution in [0.2, 0.25) is 5.02 Å². The maximum Gasteiger partial charge on any atom is 0.253 e. The molecular formula is C31H31ClN4OS. The number of halogens is 1. The van der Waals surface area contributed by atoms with Crippen molar-refractivity contribution in [3.63, 3.8) is 0 Å². The number of likely N-dealkylation sites (tertiary alicyclic amines) is 1. The number of hydrogen-bond donors (Lipinski definition) is 1. The first-order chi connectivity index (χ1) is 18.6. The summed E-state index contributed by atoms with van der Waals surface area (Å²) in [6.45, 7) is 4.67. The van der Waals surface area contributed by atoms with E-state index in [1.165, 1.54) is 22.5 Å². The number of nitrogens with one attached hydrogen (secondary N) is 1. The van der Waals surface area contributed by atoms with E-state index in [-0.39, 0.29) is 5.91 Å². The number of aryl methyl sites for hydroxylation is 1. The van der Waals surface area contributed by atoms with Crippen LogP contribution in [0.1, 0.15) is 46.1 Å². The predicted octanol–water partition coefficient (Wildman–Crippen LogP) is 7.10. The van der Waals surface area contributed by atoms with Crippen molar-refractivity contribution in [2.45, 2.75) is 38.3 Å². The zero-order valence-corrected chi connectivity index (χ0v) is 22.8. The molecule has 38 heavy (non-hydrogen) atoms. The smallest absolute Gasteiger partial charge is 0.253 e. The Morgan fingerprint density at radius 3 is 2.55 bits per heavy atom. The van der Waals surface area contributed by atoms with Gasteiger partial charge in [0.1, 0.15) is 0 Å². The van der Waals surface area contributed by atoms with Crippen molar-refractivity contribution >= 4 is 50.0 Å². The maximum absolute atomic E-state index is 13.1. The van der Waals surface area contributed by atoms with Crippen LogP contribution < -0.4 is 5.32 Å². The van der Waals surface area contributed by atoms with Crippen molar-refractivity contribution in [1.29, 1.82) is 0 Å². The van der Waals surface area contributed by atoms with E-state index in [4.69, 9.17) is 16.6 Å². The van der Waals surface area contributed by atoms with Gasteiger partial charge >= 0.3 is 0 Å². The van der Waals surface area contributed by atoms with Crippen LogP contribution in [-0.2, 0) is 13.1 Å². The summed E-state index contributed by atoms with van der Waals surface area (Å²) in [6.07, 6.45) is 5.41. The number of thiazole rings is 1.